The molecule has 0 spiro atoms. The molecule has 0 bridgehead atoms. The number of aromatic nitrogens is 1. The molecule has 8 nitrogen and oxygen atoms in total. The summed E-state index contributed by atoms with van der Waals surface area (Å²) in [5, 5.41) is 9.68. The predicted octanol–water partition coefficient (Wildman–Crippen LogP) is 3.02. The van der Waals surface area contributed by atoms with Gasteiger partial charge in [-0.05, 0) is 36.7 Å². The maximum atomic E-state index is 12.1. The first-order valence-corrected chi connectivity index (χ1v) is 12.0. The number of piperazine rings is 1. The first-order valence-electron chi connectivity index (χ1n) is 12.0. The predicted molar refractivity (Wildman–Crippen MR) is 149 cm³/mol. The Bertz CT molecular complexity index is 958. The lowest BCUT2D eigenvalue weighted by Gasteiger charge is -2.34. The molecule has 184 valence electrons. The number of halogens is 1. The van der Waals surface area contributed by atoms with Gasteiger partial charge < -0.3 is 25.8 Å². The van der Waals surface area contributed by atoms with Crippen molar-refractivity contribution in [2.24, 2.45) is 4.99 Å². The molecule has 1 atom stereocenters. The topological polar surface area (TPSA) is 84.9 Å². The van der Waals surface area contributed by atoms with Crippen LogP contribution in [0.25, 0.3) is 0 Å². The third-order valence-electron chi connectivity index (χ3n) is 6.34. The lowest BCUT2D eigenvalue weighted by atomic mass is 9.90. The van der Waals surface area contributed by atoms with Crippen LogP contribution in [0.15, 0.2) is 47.6 Å². The van der Waals surface area contributed by atoms with E-state index in [1.165, 1.54) is 5.56 Å². The molecule has 34 heavy (non-hydrogen) atoms. The SMILES string of the molecule is CCNC(=NCc1ccc(N2CCN(CC)CC2)nc1)NCC1CC(=O)Nc2ccccc21.I. The van der Waals surface area contributed by atoms with Crippen LogP contribution in [0.2, 0.25) is 0 Å². The van der Waals surface area contributed by atoms with Crippen LogP contribution >= 0.6 is 24.0 Å². The van der Waals surface area contributed by atoms with E-state index in [4.69, 9.17) is 4.99 Å². The van der Waals surface area contributed by atoms with Gasteiger partial charge in [0.05, 0.1) is 6.54 Å². The molecule has 2 aliphatic heterocycles. The number of guanidine groups is 1. The highest BCUT2D eigenvalue weighted by Crippen LogP contribution is 2.31. The Morgan fingerprint density at radius 1 is 1.12 bits per heavy atom. The Hall–Kier alpha value is -2.40. The number of nitrogens with one attached hydrogen (secondary N) is 3. The Balaban J connectivity index is 0.00000324. The van der Waals surface area contributed by atoms with Crippen LogP contribution in [0.5, 0.6) is 0 Å². The molecule has 1 aromatic carbocycles. The van der Waals surface area contributed by atoms with Crippen molar-refractivity contribution < 1.29 is 4.79 Å². The first-order chi connectivity index (χ1) is 16.2. The zero-order valence-corrected chi connectivity index (χ0v) is 22.4. The average Bonchev–Trinajstić information content (AvgIpc) is 2.86. The van der Waals surface area contributed by atoms with E-state index < -0.39 is 0 Å². The third kappa shape index (κ3) is 6.82. The zero-order valence-electron chi connectivity index (χ0n) is 20.1. The number of carbonyl (C=O) groups is 1. The van der Waals surface area contributed by atoms with Gasteiger partial charge in [-0.25, -0.2) is 9.98 Å². The van der Waals surface area contributed by atoms with Gasteiger partial charge in [0.15, 0.2) is 5.96 Å². The van der Waals surface area contributed by atoms with E-state index in [-0.39, 0.29) is 35.8 Å². The van der Waals surface area contributed by atoms with E-state index in [0.29, 0.717) is 19.5 Å². The van der Waals surface area contributed by atoms with Crippen molar-refractivity contribution in [2.75, 3.05) is 56.0 Å². The number of likely N-dealkylation sites (N-methyl/N-ethyl adjacent to an activating group) is 1. The fourth-order valence-electron chi connectivity index (χ4n) is 4.41. The summed E-state index contributed by atoms with van der Waals surface area (Å²) < 4.78 is 0. The van der Waals surface area contributed by atoms with Crippen LogP contribution in [0, 0.1) is 0 Å². The molecule has 9 heteroatoms. The molecule has 4 rings (SSSR count). The molecule has 1 amide bonds. The van der Waals surface area contributed by atoms with E-state index in [2.05, 4.69) is 62.8 Å². The Morgan fingerprint density at radius 2 is 1.91 bits per heavy atom. The molecule has 3 heterocycles. The van der Waals surface area contributed by atoms with Gasteiger partial charge in [0, 0.05) is 63.5 Å². The van der Waals surface area contributed by atoms with Gasteiger partial charge in [0.1, 0.15) is 5.82 Å². The van der Waals surface area contributed by atoms with Crippen LogP contribution in [-0.2, 0) is 11.3 Å². The minimum atomic E-state index is 0. The van der Waals surface area contributed by atoms with Gasteiger partial charge in [-0.2, -0.15) is 0 Å². The Kier molecular flexibility index (Phi) is 9.94. The van der Waals surface area contributed by atoms with Gasteiger partial charge in [-0.1, -0.05) is 31.2 Å². The van der Waals surface area contributed by atoms with Crippen molar-refractivity contribution in [3.05, 3.63) is 53.7 Å². The summed E-state index contributed by atoms with van der Waals surface area (Å²) in [6.45, 7) is 11.6. The fourth-order valence-corrected chi connectivity index (χ4v) is 4.41. The van der Waals surface area contributed by atoms with Gasteiger partial charge in [-0.15, -0.1) is 24.0 Å². The molecule has 0 aliphatic carbocycles. The number of pyridine rings is 1. The molecule has 3 N–H and O–H groups in total. The van der Waals surface area contributed by atoms with Gasteiger partial charge >= 0.3 is 0 Å². The van der Waals surface area contributed by atoms with Crippen molar-refractivity contribution in [3.8, 4) is 0 Å². The van der Waals surface area contributed by atoms with Crippen molar-refractivity contribution >= 4 is 47.3 Å². The number of amides is 1. The summed E-state index contributed by atoms with van der Waals surface area (Å²) in [4.78, 5) is 26.3. The second-order valence-corrected chi connectivity index (χ2v) is 8.56. The highest BCUT2D eigenvalue weighted by Gasteiger charge is 2.24. The number of hydrogen-bond acceptors (Lipinski definition) is 5. The first kappa shape index (κ1) is 26.2. The van der Waals surface area contributed by atoms with Gasteiger partial charge in [-0.3, -0.25) is 4.79 Å². The number of rotatable bonds is 7. The van der Waals surface area contributed by atoms with E-state index in [1.54, 1.807) is 0 Å². The summed E-state index contributed by atoms with van der Waals surface area (Å²) in [6.07, 6.45) is 2.40. The average molecular weight is 578 g/mol. The molecular weight excluding hydrogens is 541 g/mol. The highest BCUT2D eigenvalue weighted by molar-refractivity contribution is 14.0. The van der Waals surface area contributed by atoms with E-state index >= 15 is 0 Å². The zero-order chi connectivity index (χ0) is 23.0. The van der Waals surface area contributed by atoms with Gasteiger partial charge in [0.2, 0.25) is 5.91 Å². The largest absolute Gasteiger partial charge is 0.357 e. The second kappa shape index (κ2) is 12.9. The fraction of sp³-hybridized carbons (Fsp3) is 0.480. The van der Waals surface area contributed by atoms with E-state index in [9.17, 15) is 4.79 Å². The minimum absolute atomic E-state index is 0. The molecule has 2 aromatic rings. The molecule has 1 aromatic heterocycles. The quantitative estimate of drug-likeness (QED) is 0.267. The Morgan fingerprint density at radius 3 is 2.62 bits per heavy atom. The molecule has 1 unspecified atom stereocenters. The van der Waals surface area contributed by atoms with E-state index in [0.717, 1.165) is 62.3 Å². The number of aliphatic imine (C=N–C) groups is 1. The molecule has 0 radical (unpaired) electrons. The minimum Gasteiger partial charge on any atom is -0.357 e. The maximum absolute atomic E-state index is 12.1. The number of anilines is 2. The normalized spacial score (nSPS) is 18.5. The standard InChI is InChI=1S/C25H35N7O.HI/c1-3-26-25(29-18-20-15-24(33)30-22-8-6-5-7-21(20)22)28-17-19-9-10-23(27-16-19)32-13-11-31(4-2)12-14-32;/h5-10,16,20H,3-4,11-15,17-18H2,1-2H3,(H,30,33)(H2,26,28,29);1H. The molecule has 1 saturated heterocycles. The van der Waals surface area contributed by atoms with Gasteiger partial charge in [0.25, 0.3) is 0 Å². The van der Waals surface area contributed by atoms with Crippen LogP contribution in [0.4, 0.5) is 11.5 Å². The summed E-state index contributed by atoms with van der Waals surface area (Å²) in [6, 6.07) is 12.2. The van der Waals surface area contributed by atoms with Crippen LogP contribution < -0.4 is 20.9 Å². The van der Waals surface area contributed by atoms with Crippen molar-refractivity contribution in [3.63, 3.8) is 0 Å². The molecule has 2 aliphatic rings. The third-order valence-corrected chi connectivity index (χ3v) is 6.34. The van der Waals surface area contributed by atoms with Crippen LogP contribution in [-0.4, -0.2) is 67.6 Å². The number of carbonyl (C=O) groups excluding carboxylic acids is 1. The number of hydrogen-bond donors (Lipinski definition) is 3. The monoisotopic (exact) mass is 577 g/mol. The highest BCUT2D eigenvalue weighted by atomic mass is 127. The lowest BCUT2D eigenvalue weighted by Crippen LogP contribution is -2.46. The maximum Gasteiger partial charge on any atom is 0.225 e. The lowest BCUT2D eigenvalue weighted by molar-refractivity contribution is -0.116. The van der Waals surface area contributed by atoms with Crippen LogP contribution in [0.3, 0.4) is 0 Å². The second-order valence-electron chi connectivity index (χ2n) is 8.56. The number of fused-ring (bicyclic) bond motifs is 1. The Labute approximate surface area is 219 Å². The number of benzene rings is 1. The summed E-state index contributed by atoms with van der Waals surface area (Å²) in [7, 11) is 0. The summed E-state index contributed by atoms with van der Waals surface area (Å²) in [5.74, 6) is 1.97. The number of para-hydroxylation sites is 1. The van der Waals surface area contributed by atoms with Crippen LogP contribution in [0.1, 0.15) is 37.3 Å². The molecule has 1 fully saturated rings. The summed E-state index contributed by atoms with van der Waals surface area (Å²) in [5.41, 5.74) is 3.15. The van der Waals surface area contributed by atoms with E-state index in [1.807, 2.05) is 24.4 Å². The van der Waals surface area contributed by atoms with Crippen molar-refractivity contribution in [1.29, 1.82) is 0 Å². The number of nitrogens with zero attached hydrogens (tertiary/aromatic N) is 4. The molecule has 0 saturated carbocycles. The van der Waals surface area contributed by atoms with Crippen molar-refractivity contribution in [2.45, 2.75) is 32.7 Å². The summed E-state index contributed by atoms with van der Waals surface area (Å²) >= 11 is 0. The molecular formula is C25H36IN7O. The smallest absolute Gasteiger partial charge is 0.225 e. The van der Waals surface area contributed by atoms with Crippen molar-refractivity contribution in [1.82, 2.24) is 20.5 Å².